The molecule has 2 aromatic rings. The number of nitrogens with zero attached hydrogens (tertiary/aromatic N) is 3. The molecule has 1 unspecified atom stereocenters. The van der Waals surface area contributed by atoms with Crippen LogP contribution in [0.3, 0.4) is 0 Å². The zero-order valence-electron chi connectivity index (χ0n) is 13.6. The predicted octanol–water partition coefficient (Wildman–Crippen LogP) is 0.865. The Labute approximate surface area is 136 Å². The molecule has 2 N–H and O–H groups in total. The molecule has 122 valence electrons. The second-order valence-electron chi connectivity index (χ2n) is 6.29. The number of rotatable bonds is 5. The number of aryl methyl sites for hydroxylation is 1. The Balaban J connectivity index is 1.60. The molecule has 1 fully saturated rings. The fourth-order valence-electron chi connectivity index (χ4n) is 3.21. The molecule has 1 saturated heterocycles. The van der Waals surface area contributed by atoms with Crippen LogP contribution in [0.4, 0.5) is 0 Å². The number of carbonyl (C=O) groups excluding carboxylic acids is 1. The Morgan fingerprint density at radius 2 is 2.22 bits per heavy atom. The molecule has 0 saturated carbocycles. The second kappa shape index (κ2) is 6.91. The summed E-state index contributed by atoms with van der Waals surface area (Å²) in [6.45, 7) is 3.58. The average Bonchev–Trinajstić information content (AvgIpc) is 3.16. The average molecular weight is 313 g/mol. The first kappa shape index (κ1) is 15.7. The molecule has 0 spiro atoms. The second-order valence-corrected chi connectivity index (χ2v) is 6.29. The number of nitrogens with one attached hydrogen (secondary N) is 2. The largest absolute Gasteiger partial charge is 0.353 e. The van der Waals surface area contributed by atoms with Crippen molar-refractivity contribution in [1.29, 1.82) is 0 Å². The molecular formula is C17H23N5O. The topological polar surface area (TPSA) is 71.8 Å². The van der Waals surface area contributed by atoms with E-state index < -0.39 is 0 Å². The number of amides is 1. The predicted molar refractivity (Wildman–Crippen MR) is 87.9 cm³/mol. The fourth-order valence-corrected chi connectivity index (χ4v) is 3.21. The Morgan fingerprint density at radius 3 is 2.91 bits per heavy atom. The van der Waals surface area contributed by atoms with Crippen LogP contribution in [0, 0.1) is 5.92 Å². The van der Waals surface area contributed by atoms with Gasteiger partial charge < -0.3 is 10.6 Å². The van der Waals surface area contributed by atoms with Crippen molar-refractivity contribution in [1.82, 2.24) is 25.4 Å². The summed E-state index contributed by atoms with van der Waals surface area (Å²) in [5.41, 5.74) is 2.31. The van der Waals surface area contributed by atoms with Crippen LogP contribution in [0.5, 0.6) is 0 Å². The van der Waals surface area contributed by atoms with E-state index in [2.05, 4.69) is 20.7 Å². The third-order valence-electron chi connectivity index (χ3n) is 4.38. The quantitative estimate of drug-likeness (QED) is 0.859. The van der Waals surface area contributed by atoms with E-state index in [9.17, 15) is 4.79 Å². The number of carbonyl (C=O) groups is 1. The van der Waals surface area contributed by atoms with Gasteiger partial charge in [-0.25, -0.2) is 0 Å². The zero-order valence-corrected chi connectivity index (χ0v) is 13.6. The van der Waals surface area contributed by atoms with Gasteiger partial charge in [-0.05, 0) is 36.6 Å². The first-order valence-corrected chi connectivity index (χ1v) is 8.02. The highest BCUT2D eigenvalue weighted by Crippen LogP contribution is 2.28. The van der Waals surface area contributed by atoms with Gasteiger partial charge in [0.05, 0.1) is 12.1 Å². The van der Waals surface area contributed by atoms with Crippen molar-refractivity contribution in [2.45, 2.75) is 25.3 Å². The summed E-state index contributed by atoms with van der Waals surface area (Å²) < 4.78 is 1.79. The van der Waals surface area contributed by atoms with Crippen LogP contribution in [0.25, 0.3) is 0 Å². The van der Waals surface area contributed by atoms with Crippen molar-refractivity contribution in [3.05, 3.63) is 48.0 Å². The van der Waals surface area contributed by atoms with Crippen LogP contribution in [0.2, 0.25) is 0 Å². The lowest BCUT2D eigenvalue weighted by Gasteiger charge is -2.20. The van der Waals surface area contributed by atoms with E-state index in [1.165, 1.54) is 5.56 Å². The molecule has 23 heavy (non-hydrogen) atoms. The summed E-state index contributed by atoms with van der Waals surface area (Å²) >= 11 is 0. The maximum absolute atomic E-state index is 12.6. The molecule has 1 aliphatic heterocycles. The third kappa shape index (κ3) is 3.76. The van der Waals surface area contributed by atoms with Gasteiger partial charge in [-0.15, -0.1) is 0 Å². The van der Waals surface area contributed by atoms with Crippen molar-refractivity contribution in [3.8, 4) is 0 Å². The molecule has 3 atom stereocenters. The SMILES string of the molecule is CC(Cc1ccncc1)NC(=O)[C@H]1CNC[C@@H]1c1cnn(C)c1. The van der Waals surface area contributed by atoms with Crippen molar-refractivity contribution in [2.75, 3.05) is 13.1 Å². The Bertz CT molecular complexity index is 654. The normalized spacial score (nSPS) is 22.0. The number of aromatic nitrogens is 3. The van der Waals surface area contributed by atoms with E-state index in [0.29, 0.717) is 6.54 Å². The van der Waals surface area contributed by atoms with E-state index in [1.807, 2.05) is 38.5 Å². The van der Waals surface area contributed by atoms with Gasteiger partial charge in [0.25, 0.3) is 0 Å². The lowest BCUT2D eigenvalue weighted by Crippen LogP contribution is -2.40. The minimum Gasteiger partial charge on any atom is -0.353 e. The Kier molecular flexibility index (Phi) is 4.71. The number of hydrogen-bond donors (Lipinski definition) is 2. The molecule has 2 aromatic heterocycles. The van der Waals surface area contributed by atoms with Crippen LogP contribution in [0.15, 0.2) is 36.9 Å². The van der Waals surface area contributed by atoms with Gasteiger partial charge in [0.15, 0.2) is 0 Å². The van der Waals surface area contributed by atoms with Crippen LogP contribution in [-0.4, -0.2) is 39.8 Å². The Morgan fingerprint density at radius 1 is 1.43 bits per heavy atom. The first-order valence-electron chi connectivity index (χ1n) is 8.02. The summed E-state index contributed by atoms with van der Waals surface area (Å²) in [5, 5.41) is 10.7. The molecule has 1 amide bonds. The molecule has 3 rings (SSSR count). The lowest BCUT2D eigenvalue weighted by atomic mass is 9.90. The molecule has 6 heteroatoms. The van der Waals surface area contributed by atoms with Gasteiger partial charge in [0, 0.05) is 50.7 Å². The summed E-state index contributed by atoms with van der Waals surface area (Å²) in [6, 6.07) is 4.07. The van der Waals surface area contributed by atoms with E-state index in [1.54, 1.807) is 17.1 Å². The Hall–Kier alpha value is -2.21. The van der Waals surface area contributed by atoms with Gasteiger partial charge in [0.1, 0.15) is 0 Å². The third-order valence-corrected chi connectivity index (χ3v) is 4.38. The van der Waals surface area contributed by atoms with Crippen LogP contribution in [-0.2, 0) is 18.3 Å². The number of pyridine rings is 1. The zero-order chi connectivity index (χ0) is 16.2. The lowest BCUT2D eigenvalue weighted by molar-refractivity contribution is -0.125. The van der Waals surface area contributed by atoms with Crippen LogP contribution >= 0.6 is 0 Å². The van der Waals surface area contributed by atoms with Crippen LogP contribution < -0.4 is 10.6 Å². The summed E-state index contributed by atoms with van der Waals surface area (Å²) in [4.78, 5) is 16.7. The van der Waals surface area contributed by atoms with Crippen molar-refractivity contribution >= 4 is 5.91 Å². The maximum atomic E-state index is 12.6. The molecule has 6 nitrogen and oxygen atoms in total. The molecule has 3 heterocycles. The van der Waals surface area contributed by atoms with Crippen LogP contribution in [0.1, 0.15) is 24.0 Å². The maximum Gasteiger partial charge on any atom is 0.225 e. The van der Waals surface area contributed by atoms with Gasteiger partial charge >= 0.3 is 0 Å². The van der Waals surface area contributed by atoms with E-state index in [0.717, 1.165) is 18.5 Å². The molecule has 0 radical (unpaired) electrons. The van der Waals surface area contributed by atoms with Crippen molar-refractivity contribution in [2.24, 2.45) is 13.0 Å². The van der Waals surface area contributed by atoms with Gasteiger partial charge in [0.2, 0.25) is 5.91 Å². The van der Waals surface area contributed by atoms with E-state index in [4.69, 9.17) is 0 Å². The van der Waals surface area contributed by atoms with Crippen molar-refractivity contribution < 1.29 is 4.79 Å². The molecular weight excluding hydrogens is 290 g/mol. The highest BCUT2D eigenvalue weighted by atomic mass is 16.2. The highest BCUT2D eigenvalue weighted by molar-refractivity contribution is 5.80. The van der Waals surface area contributed by atoms with E-state index in [-0.39, 0.29) is 23.8 Å². The monoisotopic (exact) mass is 313 g/mol. The first-order chi connectivity index (χ1) is 11.1. The minimum atomic E-state index is -0.0425. The molecule has 1 aliphatic rings. The highest BCUT2D eigenvalue weighted by Gasteiger charge is 2.35. The number of hydrogen-bond acceptors (Lipinski definition) is 4. The van der Waals surface area contributed by atoms with Gasteiger partial charge in [-0.2, -0.15) is 5.10 Å². The van der Waals surface area contributed by atoms with Crippen molar-refractivity contribution in [3.63, 3.8) is 0 Å². The standard InChI is InChI=1S/C17H23N5O/c1-12(7-13-3-5-18-6-4-13)21-17(23)16-10-19-9-15(16)14-8-20-22(2)11-14/h3-6,8,11-12,15-16,19H,7,9-10H2,1-2H3,(H,21,23)/t12?,15-,16+/m1/s1. The minimum absolute atomic E-state index is 0.0425. The molecule has 0 aromatic carbocycles. The summed E-state index contributed by atoms with van der Waals surface area (Å²) in [5.74, 6) is 0.265. The van der Waals surface area contributed by atoms with Gasteiger partial charge in [-0.1, -0.05) is 0 Å². The smallest absolute Gasteiger partial charge is 0.225 e. The fraction of sp³-hybridized carbons (Fsp3) is 0.471. The van der Waals surface area contributed by atoms with E-state index >= 15 is 0 Å². The summed E-state index contributed by atoms with van der Waals surface area (Å²) in [7, 11) is 1.90. The van der Waals surface area contributed by atoms with Gasteiger partial charge in [-0.3, -0.25) is 14.5 Å². The molecule has 0 aliphatic carbocycles. The summed E-state index contributed by atoms with van der Waals surface area (Å²) in [6.07, 6.45) is 8.23. The molecule has 0 bridgehead atoms.